The number of carbonyl (C=O) groups is 2. The van der Waals surface area contributed by atoms with E-state index in [9.17, 15) is 32.3 Å². The van der Waals surface area contributed by atoms with E-state index in [-0.39, 0.29) is 27.6 Å². The number of Topliss-reactive ketones (excluding diaryl/α,β-unsaturated/α-hetero) is 1. The fourth-order valence-corrected chi connectivity index (χ4v) is 4.50. The van der Waals surface area contributed by atoms with E-state index in [1.54, 1.807) is 13.0 Å². The molecule has 1 N–H and O–H groups in total. The van der Waals surface area contributed by atoms with Gasteiger partial charge in [-0.2, -0.15) is 13.2 Å². The van der Waals surface area contributed by atoms with Crippen LogP contribution in [-0.4, -0.2) is 23.9 Å². The van der Waals surface area contributed by atoms with Crippen molar-refractivity contribution < 1.29 is 37.0 Å². The number of hydrogen-bond acceptors (Lipinski definition) is 4. The third-order valence-corrected chi connectivity index (χ3v) is 6.01. The zero-order chi connectivity index (χ0) is 26.4. The molecule has 3 aromatic rings. The Morgan fingerprint density at radius 2 is 1.72 bits per heavy atom. The molecule has 0 aromatic heterocycles. The van der Waals surface area contributed by atoms with Crippen LogP contribution >= 0.6 is 11.6 Å². The molecule has 1 fully saturated rings. The van der Waals surface area contributed by atoms with Gasteiger partial charge in [0.1, 0.15) is 17.3 Å². The number of amides is 1. The van der Waals surface area contributed by atoms with E-state index in [0.29, 0.717) is 5.56 Å². The van der Waals surface area contributed by atoms with Gasteiger partial charge in [-0.25, -0.2) is 4.39 Å². The van der Waals surface area contributed by atoms with Gasteiger partial charge in [0.15, 0.2) is 0 Å². The summed E-state index contributed by atoms with van der Waals surface area (Å²) in [7, 11) is 1.30. The second-order valence-corrected chi connectivity index (χ2v) is 8.50. The van der Waals surface area contributed by atoms with E-state index in [0.717, 1.165) is 35.2 Å². The van der Waals surface area contributed by atoms with Crippen LogP contribution in [0.25, 0.3) is 5.76 Å². The number of nitrogens with zero attached hydrogens (tertiary/aromatic N) is 1. The predicted molar refractivity (Wildman–Crippen MR) is 125 cm³/mol. The molecule has 186 valence electrons. The fourth-order valence-electron chi connectivity index (χ4n) is 4.15. The van der Waals surface area contributed by atoms with Crippen LogP contribution in [0.5, 0.6) is 5.75 Å². The van der Waals surface area contributed by atoms with Crippen molar-refractivity contribution in [1.82, 2.24) is 0 Å². The van der Waals surface area contributed by atoms with Gasteiger partial charge in [-0.1, -0.05) is 29.8 Å². The molecule has 36 heavy (non-hydrogen) atoms. The average molecular weight is 520 g/mol. The lowest BCUT2D eigenvalue weighted by atomic mass is 9.94. The van der Waals surface area contributed by atoms with Crippen molar-refractivity contribution in [3.63, 3.8) is 0 Å². The Kier molecular flexibility index (Phi) is 6.53. The van der Waals surface area contributed by atoms with Crippen LogP contribution in [0, 0.1) is 12.7 Å². The maximum absolute atomic E-state index is 13.7. The number of methoxy groups -OCH3 is 1. The van der Waals surface area contributed by atoms with E-state index >= 15 is 0 Å². The number of alkyl halides is 3. The highest BCUT2D eigenvalue weighted by Gasteiger charge is 2.47. The zero-order valence-electron chi connectivity index (χ0n) is 18.9. The second kappa shape index (κ2) is 9.31. The van der Waals surface area contributed by atoms with E-state index in [2.05, 4.69) is 0 Å². The number of benzene rings is 3. The lowest BCUT2D eigenvalue weighted by Crippen LogP contribution is -2.29. The Hall–Kier alpha value is -3.85. The third-order valence-electron chi connectivity index (χ3n) is 5.73. The number of anilines is 1. The SMILES string of the molecule is COc1c(Cl)cc(C)cc1/C(O)=C1\C(=O)C(=O)N(c2cccc(C(F)(F)F)c2)C1c1ccc(F)cc1. The van der Waals surface area contributed by atoms with Gasteiger partial charge in [0.2, 0.25) is 0 Å². The summed E-state index contributed by atoms with van der Waals surface area (Å²) in [6.45, 7) is 1.68. The first-order valence-electron chi connectivity index (χ1n) is 10.5. The largest absolute Gasteiger partial charge is 0.507 e. The normalized spacial score (nSPS) is 17.5. The fraction of sp³-hybridized carbons (Fsp3) is 0.154. The van der Waals surface area contributed by atoms with Gasteiger partial charge >= 0.3 is 6.18 Å². The summed E-state index contributed by atoms with van der Waals surface area (Å²) in [4.78, 5) is 27.2. The summed E-state index contributed by atoms with van der Waals surface area (Å²) < 4.78 is 59.1. The van der Waals surface area contributed by atoms with Crippen molar-refractivity contribution >= 4 is 34.7 Å². The topological polar surface area (TPSA) is 66.8 Å². The van der Waals surface area contributed by atoms with Crippen molar-refractivity contribution in [1.29, 1.82) is 0 Å². The standard InChI is InChI=1S/C26H18ClF4NO4/c1-13-10-18(24(36-2)19(27)11-13)22(33)20-21(14-6-8-16(28)9-7-14)32(25(35)23(20)34)17-5-3-4-15(12-17)26(29,30)31/h3-12,21,33H,1-2H3/b22-20+. The first-order chi connectivity index (χ1) is 16.9. The van der Waals surface area contributed by atoms with Crippen LogP contribution in [0.1, 0.15) is 28.3 Å². The highest BCUT2D eigenvalue weighted by molar-refractivity contribution is 6.51. The van der Waals surface area contributed by atoms with E-state index < -0.39 is 46.6 Å². The predicted octanol–water partition coefficient (Wildman–Crippen LogP) is 6.44. The van der Waals surface area contributed by atoms with E-state index in [1.807, 2.05) is 0 Å². The Morgan fingerprint density at radius 1 is 1.06 bits per heavy atom. The number of ketones is 1. The van der Waals surface area contributed by atoms with Crippen molar-refractivity contribution in [2.24, 2.45) is 0 Å². The van der Waals surface area contributed by atoms with Crippen molar-refractivity contribution in [3.8, 4) is 5.75 Å². The summed E-state index contributed by atoms with van der Waals surface area (Å²) in [6.07, 6.45) is -4.71. The van der Waals surface area contributed by atoms with Gasteiger partial charge in [-0.05, 0) is 60.5 Å². The Bertz CT molecular complexity index is 1400. The summed E-state index contributed by atoms with van der Waals surface area (Å²) in [5, 5.41) is 11.4. The van der Waals surface area contributed by atoms with Gasteiger partial charge in [0, 0.05) is 5.69 Å². The summed E-state index contributed by atoms with van der Waals surface area (Å²) >= 11 is 6.24. The molecule has 4 rings (SSSR count). The van der Waals surface area contributed by atoms with Gasteiger partial charge in [0.25, 0.3) is 11.7 Å². The first kappa shape index (κ1) is 25.2. The number of halogens is 5. The smallest absolute Gasteiger partial charge is 0.416 e. The number of aliphatic hydroxyl groups is 1. The van der Waals surface area contributed by atoms with Crippen molar-refractivity contribution in [3.05, 3.63) is 99.3 Å². The molecule has 1 unspecified atom stereocenters. The van der Waals surface area contributed by atoms with Crippen LogP contribution in [-0.2, 0) is 15.8 Å². The molecule has 0 radical (unpaired) electrons. The lowest BCUT2D eigenvalue weighted by Gasteiger charge is -2.26. The molecule has 0 bridgehead atoms. The number of aliphatic hydroxyl groups excluding tert-OH is 1. The van der Waals surface area contributed by atoms with Crippen molar-refractivity contribution in [2.75, 3.05) is 12.0 Å². The number of aryl methyl sites for hydroxylation is 1. The molecule has 1 atom stereocenters. The number of carbonyl (C=O) groups excluding carboxylic acids is 2. The number of hydrogen-bond donors (Lipinski definition) is 1. The van der Waals surface area contributed by atoms with Crippen LogP contribution in [0.4, 0.5) is 23.2 Å². The number of ether oxygens (including phenoxy) is 1. The van der Waals surface area contributed by atoms with E-state index in [1.165, 1.54) is 31.4 Å². The molecular weight excluding hydrogens is 502 g/mol. The van der Waals surface area contributed by atoms with E-state index in [4.69, 9.17) is 16.3 Å². The summed E-state index contributed by atoms with van der Waals surface area (Å²) in [6, 6.07) is 10.3. The van der Waals surface area contributed by atoms with Crippen LogP contribution in [0.2, 0.25) is 5.02 Å². The minimum absolute atomic E-state index is 0.0108. The van der Waals surface area contributed by atoms with Crippen LogP contribution in [0.15, 0.2) is 66.2 Å². The van der Waals surface area contributed by atoms with Crippen LogP contribution in [0.3, 0.4) is 0 Å². The molecule has 3 aromatic carbocycles. The molecule has 1 aliphatic heterocycles. The Morgan fingerprint density at radius 3 is 2.33 bits per heavy atom. The van der Waals surface area contributed by atoms with Gasteiger partial charge in [-0.15, -0.1) is 0 Å². The quantitative estimate of drug-likeness (QED) is 0.186. The number of rotatable bonds is 4. The molecule has 10 heteroatoms. The molecule has 1 aliphatic rings. The Balaban J connectivity index is 2.00. The summed E-state index contributed by atoms with van der Waals surface area (Å²) in [5.41, 5.74) is -0.873. The minimum atomic E-state index is -4.71. The molecule has 0 saturated carbocycles. The highest BCUT2D eigenvalue weighted by atomic mass is 35.5. The van der Waals surface area contributed by atoms with Crippen molar-refractivity contribution in [2.45, 2.75) is 19.1 Å². The maximum Gasteiger partial charge on any atom is 0.416 e. The van der Waals surface area contributed by atoms with Gasteiger partial charge < -0.3 is 9.84 Å². The average Bonchev–Trinajstić information content (AvgIpc) is 3.08. The monoisotopic (exact) mass is 519 g/mol. The molecule has 1 amide bonds. The summed E-state index contributed by atoms with van der Waals surface area (Å²) in [5.74, 6) is -3.52. The molecule has 1 saturated heterocycles. The van der Waals surface area contributed by atoms with Gasteiger partial charge in [0.05, 0.1) is 34.9 Å². The molecule has 0 aliphatic carbocycles. The molecule has 0 spiro atoms. The molecular formula is C26H18ClF4NO4. The highest BCUT2D eigenvalue weighted by Crippen LogP contribution is 2.45. The van der Waals surface area contributed by atoms with Gasteiger partial charge in [-0.3, -0.25) is 14.5 Å². The lowest BCUT2D eigenvalue weighted by molar-refractivity contribution is -0.137. The second-order valence-electron chi connectivity index (χ2n) is 8.10. The minimum Gasteiger partial charge on any atom is -0.507 e. The molecule has 1 heterocycles. The Labute approximate surface area is 208 Å². The third kappa shape index (κ3) is 4.42. The zero-order valence-corrected chi connectivity index (χ0v) is 19.6. The van der Waals surface area contributed by atoms with Crippen LogP contribution < -0.4 is 9.64 Å². The maximum atomic E-state index is 13.7. The molecule has 5 nitrogen and oxygen atoms in total. The first-order valence-corrected chi connectivity index (χ1v) is 10.9.